The van der Waals surface area contributed by atoms with Crippen LogP contribution >= 0.6 is 15.9 Å². The van der Waals surface area contributed by atoms with Crippen LogP contribution in [0.4, 0.5) is 0 Å². The molecule has 1 N–H and O–H groups in total. The van der Waals surface area contributed by atoms with E-state index in [1.165, 1.54) is 0 Å². The van der Waals surface area contributed by atoms with Gasteiger partial charge < -0.3 is 10.1 Å². The van der Waals surface area contributed by atoms with Crippen molar-refractivity contribution in [1.29, 1.82) is 5.26 Å². The normalized spacial score (nSPS) is 14.7. The molecule has 0 radical (unpaired) electrons. The molecular formula is C24H20BrN3O3. The Morgan fingerprint density at radius 2 is 1.87 bits per heavy atom. The number of hydrogen-bond acceptors (Lipinski definition) is 5. The lowest BCUT2D eigenvalue weighted by molar-refractivity contribution is -0.125. The smallest absolute Gasteiger partial charge is 0.339 e. The predicted molar refractivity (Wildman–Crippen MR) is 120 cm³/mol. The van der Waals surface area contributed by atoms with Crippen LogP contribution in [0.25, 0.3) is 22.2 Å². The summed E-state index contributed by atoms with van der Waals surface area (Å²) in [5.74, 6) is -1.09. The van der Waals surface area contributed by atoms with E-state index < -0.39 is 24.0 Å². The summed E-state index contributed by atoms with van der Waals surface area (Å²) >= 11 is 3.43. The molecule has 1 heterocycles. The van der Waals surface area contributed by atoms with E-state index in [1.54, 1.807) is 12.1 Å². The zero-order valence-corrected chi connectivity index (χ0v) is 18.3. The van der Waals surface area contributed by atoms with Gasteiger partial charge >= 0.3 is 5.97 Å². The standard InChI is InChI=1S/C24H20BrN3O3/c25-17-8-9-20-18(12-17)19(13-21(27-20)16-6-2-1-3-7-16)23(30)31-14-22(29)28-24(15-26)10-4-5-11-24/h1-3,6-9,12-13H,4-5,10-11,14H2,(H,28,29). The Hall–Kier alpha value is -3.24. The lowest BCUT2D eigenvalue weighted by atomic mass is 10.00. The Morgan fingerprint density at radius 1 is 1.13 bits per heavy atom. The van der Waals surface area contributed by atoms with Gasteiger partial charge in [-0.05, 0) is 49.9 Å². The third-order valence-corrected chi connectivity index (χ3v) is 5.94. The lowest BCUT2D eigenvalue weighted by Crippen LogP contribution is -2.46. The first-order chi connectivity index (χ1) is 15.0. The van der Waals surface area contributed by atoms with Crippen molar-refractivity contribution in [2.45, 2.75) is 31.2 Å². The molecule has 0 unspecified atom stereocenters. The molecule has 4 rings (SSSR count). The number of ether oxygens (including phenoxy) is 1. The molecule has 7 heteroatoms. The number of carbonyl (C=O) groups excluding carboxylic acids is 2. The van der Waals surface area contributed by atoms with Gasteiger partial charge in [0.25, 0.3) is 5.91 Å². The van der Waals surface area contributed by atoms with E-state index in [9.17, 15) is 14.9 Å². The Labute approximate surface area is 188 Å². The van der Waals surface area contributed by atoms with Crippen molar-refractivity contribution in [3.8, 4) is 17.3 Å². The van der Waals surface area contributed by atoms with Gasteiger partial charge in [0, 0.05) is 15.4 Å². The van der Waals surface area contributed by atoms with Crippen LogP contribution in [0.1, 0.15) is 36.0 Å². The summed E-state index contributed by atoms with van der Waals surface area (Å²) in [5, 5.41) is 12.8. The fraction of sp³-hybridized carbons (Fsp3) is 0.250. The molecule has 0 spiro atoms. The zero-order valence-electron chi connectivity index (χ0n) is 16.7. The zero-order chi connectivity index (χ0) is 21.8. The minimum Gasteiger partial charge on any atom is -0.452 e. The van der Waals surface area contributed by atoms with Crippen LogP contribution in [0, 0.1) is 11.3 Å². The van der Waals surface area contributed by atoms with Crippen molar-refractivity contribution in [3.05, 3.63) is 64.6 Å². The number of halogens is 1. The highest BCUT2D eigenvalue weighted by molar-refractivity contribution is 9.10. The maximum absolute atomic E-state index is 12.9. The second kappa shape index (κ2) is 8.86. The number of esters is 1. The van der Waals surface area contributed by atoms with E-state index in [4.69, 9.17) is 4.74 Å². The van der Waals surface area contributed by atoms with Gasteiger partial charge in [0.2, 0.25) is 0 Å². The van der Waals surface area contributed by atoms with Crippen molar-refractivity contribution < 1.29 is 14.3 Å². The largest absolute Gasteiger partial charge is 0.452 e. The number of benzene rings is 2. The van der Waals surface area contributed by atoms with Crippen molar-refractivity contribution >= 4 is 38.7 Å². The fourth-order valence-corrected chi connectivity index (χ4v) is 4.24. The molecule has 1 amide bonds. The first-order valence-electron chi connectivity index (χ1n) is 10.0. The Bertz CT molecular complexity index is 1180. The number of amides is 1. The first kappa shape index (κ1) is 21.0. The molecule has 1 aromatic heterocycles. The van der Waals surface area contributed by atoms with E-state index >= 15 is 0 Å². The average molecular weight is 478 g/mol. The number of fused-ring (bicyclic) bond motifs is 1. The van der Waals surface area contributed by atoms with Crippen LogP contribution in [0.3, 0.4) is 0 Å². The van der Waals surface area contributed by atoms with E-state index in [0.29, 0.717) is 35.0 Å². The van der Waals surface area contributed by atoms with Crippen molar-refractivity contribution in [2.75, 3.05) is 6.61 Å². The number of carbonyl (C=O) groups is 2. The molecule has 156 valence electrons. The van der Waals surface area contributed by atoms with Crippen molar-refractivity contribution in [2.24, 2.45) is 0 Å². The second-order valence-electron chi connectivity index (χ2n) is 7.61. The molecule has 1 aliphatic rings. The van der Waals surface area contributed by atoms with E-state index in [0.717, 1.165) is 22.9 Å². The molecule has 0 aliphatic heterocycles. The van der Waals surface area contributed by atoms with Crippen molar-refractivity contribution in [3.63, 3.8) is 0 Å². The van der Waals surface area contributed by atoms with Gasteiger partial charge in [-0.1, -0.05) is 46.3 Å². The van der Waals surface area contributed by atoms with Crippen molar-refractivity contribution in [1.82, 2.24) is 10.3 Å². The molecule has 1 saturated carbocycles. The van der Waals surface area contributed by atoms with Crippen LogP contribution in [-0.4, -0.2) is 29.0 Å². The summed E-state index contributed by atoms with van der Waals surface area (Å²) < 4.78 is 6.13. The number of rotatable bonds is 5. The summed E-state index contributed by atoms with van der Waals surface area (Å²) in [5.41, 5.74) is 1.64. The quantitative estimate of drug-likeness (QED) is 0.534. The maximum atomic E-state index is 12.9. The number of nitrogens with one attached hydrogen (secondary N) is 1. The van der Waals surface area contributed by atoms with Crippen LogP contribution < -0.4 is 5.32 Å². The minimum atomic E-state index is -0.849. The fourth-order valence-electron chi connectivity index (χ4n) is 3.88. The van der Waals surface area contributed by atoms with Crippen LogP contribution in [0.5, 0.6) is 0 Å². The SMILES string of the molecule is N#CC1(NC(=O)COC(=O)c2cc(-c3ccccc3)nc3ccc(Br)cc23)CCCC1. The van der Waals surface area contributed by atoms with Gasteiger partial charge in [-0.25, -0.2) is 9.78 Å². The lowest BCUT2D eigenvalue weighted by Gasteiger charge is -2.21. The molecule has 31 heavy (non-hydrogen) atoms. The van der Waals surface area contributed by atoms with E-state index in [2.05, 4.69) is 32.3 Å². The topological polar surface area (TPSA) is 92.1 Å². The second-order valence-corrected chi connectivity index (χ2v) is 8.52. The average Bonchev–Trinajstić information content (AvgIpc) is 3.26. The number of aromatic nitrogens is 1. The molecule has 6 nitrogen and oxygen atoms in total. The molecule has 3 aromatic rings. The van der Waals surface area contributed by atoms with Crippen LogP contribution in [0.2, 0.25) is 0 Å². The Kier molecular flexibility index (Phi) is 6.01. The predicted octanol–water partition coefficient (Wildman–Crippen LogP) is 4.77. The third-order valence-electron chi connectivity index (χ3n) is 5.44. The highest BCUT2D eigenvalue weighted by atomic mass is 79.9. The van der Waals surface area contributed by atoms with Crippen LogP contribution in [-0.2, 0) is 9.53 Å². The number of nitrogens with zero attached hydrogens (tertiary/aromatic N) is 2. The highest BCUT2D eigenvalue weighted by Gasteiger charge is 2.35. The summed E-state index contributed by atoms with van der Waals surface area (Å²) in [6, 6.07) is 18.9. The molecule has 0 bridgehead atoms. The molecule has 0 saturated heterocycles. The van der Waals surface area contributed by atoms with E-state index in [1.807, 2.05) is 42.5 Å². The Balaban J connectivity index is 1.59. The maximum Gasteiger partial charge on any atom is 0.339 e. The van der Waals surface area contributed by atoms with Crippen LogP contribution in [0.15, 0.2) is 59.1 Å². The number of nitriles is 1. The summed E-state index contributed by atoms with van der Waals surface area (Å²) in [7, 11) is 0. The van der Waals surface area contributed by atoms with Gasteiger partial charge in [-0.15, -0.1) is 0 Å². The summed E-state index contributed by atoms with van der Waals surface area (Å²) in [4.78, 5) is 29.9. The molecule has 2 aromatic carbocycles. The number of pyridine rings is 1. The third kappa shape index (κ3) is 4.59. The minimum absolute atomic E-state index is 0.328. The van der Waals surface area contributed by atoms with E-state index in [-0.39, 0.29) is 0 Å². The summed E-state index contributed by atoms with van der Waals surface area (Å²) in [6.07, 6.45) is 3.03. The monoisotopic (exact) mass is 477 g/mol. The van der Waals surface area contributed by atoms with Gasteiger partial charge in [0.05, 0.1) is 22.8 Å². The van der Waals surface area contributed by atoms with Gasteiger partial charge in [-0.2, -0.15) is 5.26 Å². The van der Waals surface area contributed by atoms with Gasteiger partial charge in [0.15, 0.2) is 6.61 Å². The molecule has 1 fully saturated rings. The van der Waals surface area contributed by atoms with Gasteiger partial charge in [-0.3, -0.25) is 4.79 Å². The summed E-state index contributed by atoms with van der Waals surface area (Å²) in [6.45, 7) is -0.444. The Morgan fingerprint density at radius 3 is 2.58 bits per heavy atom. The molecule has 0 atom stereocenters. The molecular weight excluding hydrogens is 458 g/mol. The highest BCUT2D eigenvalue weighted by Crippen LogP contribution is 2.29. The van der Waals surface area contributed by atoms with Gasteiger partial charge in [0.1, 0.15) is 5.54 Å². The first-order valence-corrected chi connectivity index (χ1v) is 10.8. The number of hydrogen-bond donors (Lipinski definition) is 1. The molecule has 1 aliphatic carbocycles.